The summed E-state index contributed by atoms with van der Waals surface area (Å²) >= 11 is 0. The van der Waals surface area contributed by atoms with Gasteiger partial charge >= 0.3 is 6.09 Å². The molecule has 0 saturated heterocycles. The molecule has 3 heteroatoms. The van der Waals surface area contributed by atoms with Gasteiger partial charge in [-0.3, -0.25) is 0 Å². The van der Waals surface area contributed by atoms with Crippen LogP contribution in [0.2, 0.25) is 0 Å². The molecule has 0 heterocycles. The molecule has 34 heavy (non-hydrogen) atoms. The van der Waals surface area contributed by atoms with Gasteiger partial charge in [-0.25, -0.2) is 4.79 Å². The van der Waals surface area contributed by atoms with Crippen molar-refractivity contribution in [2.75, 3.05) is 0 Å². The minimum Gasteiger partial charge on any atom is -0.444 e. The van der Waals surface area contributed by atoms with E-state index in [9.17, 15) is 4.79 Å². The zero-order valence-corrected chi connectivity index (χ0v) is 20.0. The van der Waals surface area contributed by atoms with Crippen molar-refractivity contribution in [3.05, 3.63) is 131 Å². The van der Waals surface area contributed by atoms with Gasteiger partial charge in [-0.15, -0.1) is 0 Å². The van der Waals surface area contributed by atoms with Crippen LogP contribution in [0.5, 0.6) is 0 Å². The molecule has 0 aromatic heterocycles. The zero-order chi connectivity index (χ0) is 24.0. The maximum absolute atomic E-state index is 12.0. The maximum atomic E-state index is 12.0. The third-order valence-electron chi connectivity index (χ3n) is 5.63. The van der Waals surface area contributed by atoms with Crippen molar-refractivity contribution < 1.29 is 9.53 Å². The van der Waals surface area contributed by atoms with Gasteiger partial charge in [0.1, 0.15) is 5.60 Å². The smallest absolute Gasteiger partial charge is 0.407 e. The van der Waals surface area contributed by atoms with Crippen LogP contribution in [0.25, 0.3) is 11.1 Å². The average molecular weight is 450 g/mol. The molecule has 0 radical (unpaired) electrons. The Morgan fingerprint density at radius 2 is 1.15 bits per heavy atom. The predicted octanol–water partition coefficient (Wildman–Crippen LogP) is 7.56. The van der Waals surface area contributed by atoms with Crippen molar-refractivity contribution in [3.8, 4) is 11.1 Å². The highest BCUT2D eigenvalue weighted by Crippen LogP contribution is 2.33. The molecule has 4 rings (SSSR count). The SMILES string of the molecule is CC(C)(C)OC(=O)NCc1ccc([C@H](c2ccccc2)c2ccc(-c3ccccc3)cc2)cc1. The van der Waals surface area contributed by atoms with Crippen LogP contribution in [-0.2, 0) is 11.3 Å². The van der Waals surface area contributed by atoms with Crippen molar-refractivity contribution in [2.24, 2.45) is 0 Å². The number of carbonyl (C=O) groups excluding carboxylic acids is 1. The Balaban J connectivity index is 1.56. The van der Waals surface area contributed by atoms with E-state index in [1.165, 1.54) is 27.8 Å². The Morgan fingerprint density at radius 3 is 1.71 bits per heavy atom. The number of hydrogen-bond acceptors (Lipinski definition) is 2. The summed E-state index contributed by atoms with van der Waals surface area (Å²) in [5.74, 6) is 0.124. The molecule has 0 fully saturated rings. The number of carbonyl (C=O) groups is 1. The minimum atomic E-state index is -0.507. The third kappa shape index (κ3) is 6.14. The van der Waals surface area contributed by atoms with Crippen LogP contribution < -0.4 is 5.32 Å². The molecule has 3 nitrogen and oxygen atoms in total. The molecule has 0 spiro atoms. The maximum Gasteiger partial charge on any atom is 0.407 e. The Morgan fingerprint density at radius 1 is 0.676 bits per heavy atom. The van der Waals surface area contributed by atoms with Gasteiger partial charge in [0.25, 0.3) is 0 Å². The van der Waals surface area contributed by atoms with E-state index in [0.717, 1.165) is 5.56 Å². The summed E-state index contributed by atoms with van der Waals surface area (Å²) in [5, 5.41) is 2.83. The lowest BCUT2D eigenvalue weighted by atomic mass is 9.84. The van der Waals surface area contributed by atoms with Crippen LogP contribution in [0, 0.1) is 0 Å². The molecule has 0 aliphatic rings. The third-order valence-corrected chi connectivity index (χ3v) is 5.63. The van der Waals surface area contributed by atoms with Gasteiger partial charge in [0.05, 0.1) is 0 Å². The first-order valence-corrected chi connectivity index (χ1v) is 11.6. The largest absolute Gasteiger partial charge is 0.444 e. The standard InChI is InChI=1S/C31H31NO2/c1-31(2,3)34-30(33)32-22-23-14-16-27(17-15-23)29(26-12-8-5-9-13-26)28-20-18-25(19-21-28)24-10-6-4-7-11-24/h4-21,29H,22H2,1-3H3,(H,32,33)/t29-/m0/s1. The summed E-state index contributed by atoms with van der Waals surface area (Å²) in [7, 11) is 0. The van der Waals surface area contributed by atoms with Crippen molar-refractivity contribution >= 4 is 6.09 Å². The van der Waals surface area contributed by atoms with Gasteiger partial charge in [0, 0.05) is 12.5 Å². The Bertz CT molecular complexity index is 1190. The van der Waals surface area contributed by atoms with Crippen LogP contribution in [0.3, 0.4) is 0 Å². The number of amides is 1. The van der Waals surface area contributed by atoms with Gasteiger partial charge in [-0.2, -0.15) is 0 Å². The topological polar surface area (TPSA) is 38.3 Å². The van der Waals surface area contributed by atoms with Gasteiger partial charge in [0.15, 0.2) is 0 Å². The predicted molar refractivity (Wildman–Crippen MR) is 139 cm³/mol. The summed E-state index contributed by atoms with van der Waals surface area (Å²) in [6.07, 6.45) is -0.405. The highest BCUT2D eigenvalue weighted by molar-refractivity contribution is 5.67. The van der Waals surface area contributed by atoms with E-state index in [0.29, 0.717) is 6.54 Å². The Kier molecular flexibility index (Phi) is 7.12. The highest BCUT2D eigenvalue weighted by atomic mass is 16.6. The van der Waals surface area contributed by atoms with Gasteiger partial charge in [0.2, 0.25) is 0 Å². The highest BCUT2D eigenvalue weighted by Gasteiger charge is 2.18. The average Bonchev–Trinajstić information content (AvgIpc) is 2.84. The van der Waals surface area contributed by atoms with Crippen LogP contribution in [-0.4, -0.2) is 11.7 Å². The van der Waals surface area contributed by atoms with Crippen LogP contribution in [0.15, 0.2) is 109 Å². The van der Waals surface area contributed by atoms with Crippen molar-refractivity contribution in [1.82, 2.24) is 5.32 Å². The van der Waals surface area contributed by atoms with E-state index in [4.69, 9.17) is 4.74 Å². The lowest BCUT2D eigenvalue weighted by Crippen LogP contribution is -2.32. The first-order valence-electron chi connectivity index (χ1n) is 11.6. The molecule has 0 aliphatic carbocycles. The summed E-state index contributed by atoms with van der Waals surface area (Å²) in [4.78, 5) is 12.0. The summed E-state index contributed by atoms with van der Waals surface area (Å²) < 4.78 is 5.33. The molecule has 4 aromatic carbocycles. The number of benzene rings is 4. The number of nitrogens with one attached hydrogen (secondary N) is 1. The van der Waals surface area contributed by atoms with Crippen LogP contribution in [0.4, 0.5) is 4.79 Å². The van der Waals surface area contributed by atoms with Crippen LogP contribution >= 0.6 is 0 Å². The van der Waals surface area contributed by atoms with E-state index in [-0.39, 0.29) is 5.92 Å². The van der Waals surface area contributed by atoms with E-state index in [1.807, 2.05) is 32.9 Å². The van der Waals surface area contributed by atoms with Gasteiger partial charge in [-0.1, -0.05) is 109 Å². The fourth-order valence-electron chi connectivity index (χ4n) is 4.04. The molecule has 1 amide bonds. The van der Waals surface area contributed by atoms with E-state index < -0.39 is 11.7 Å². The quantitative estimate of drug-likeness (QED) is 0.308. The van der Waals surface area contributed by atoms with E-state index >= 15 is 0 Å². The molecular weight excluding hydrogens is 418 g/mol. The molecule has 4 aromatic rings. The molecule has 172 valence electrons. The van der Waals surface area contributed by atoms with Gasteiger partial charge < -0.3 is 10.1 Å². The summed E-state index contributed by atoms with van der Waals surface area (Å²) in [6.45, 7) is 6.00. The normalized spacial score (nSPS) is 12.1. The second-order valence-electron chi connectivity index (χ2n) is 9.43. The first kappa shape index (κ1) is 23.3. The van der Waals surface area contributed by atoms with E-state index in [1.54, 1.807) is 0 Å². The summed E-state index contributed by atoms with van der Waals surface area (Å²) in [5.41, 5.74) is 6.64. The molecule has 0 bridgehead atoms. The fraction of sp³-hybridized carbons (Fsp3) is 0.194. The molecule has 0 unspecified atom stereocenters. The van der Waals surface area contributed by atoms with Gasteiger partial charge in [-0.05, 0) is 54.2 Å². The molecule has 1 atom stereocenters. The number of hydrogen-bond donors (Lipinski definition) is 1. The molecule has 0 saturated carbocycles. The fourth-order valence-corrected chi connectivity index (χ4v) is 4.04. The van der Waals surface area contributed by atoms with Crippen LogP contribution in [0.1, 0.15) is 48.9 Å². The van der Waals surface area contributed by atoms with Crippen molar-refractivity contribution in [2.45, 2.75) is 38.8 Å². The lowest BCUT2D eigenvalue weighted by Gasteiger charge is -2.21. The second-order valence-corrected chi connectivity index (χ2v) is 9.43. The Hall–Kier alpha value is -3.85. The number of alkyl carbamates (subject to hydrolysis) is 1. The number of ether oxygens (including phenoxy) is 1. The Labute approximate surface area is 202 Å². The zero-order valence-electron chi connectivity index (χ0n) is 20.0. The summed E-state index contributed by atoms with van der Waals surface area (Å²) in [6, 6.07) is 38.3. The number of rotatable bonds is 6. The van der Waals surface area contributed by atoms with Crippen molar-refractivity contribution in [3.63, 3.8) is 0 Å². The monoisotopic (exact) mass is 449 g/mol. The molecule has 1 N–H and O–H groups in total. The molecular formula is C31H31NO2. The van der Waals surface area contributed by atoms with Crippen molar-refractivity contribution in [1.29, 1.82) is 0 Å². The first-order chi connectivity index (χ1) is 16.4. The van der Waals surface area contributed by atoms with E-state index in [2.05, 4.69) is 102 Å². The molecule has 0 aliphatic heterocycles. The minimum absolute atomic E-state index is 0.124. The second kappa shape index (κ2) is 10.4. The lowest BCUT2D eigenvalue weighted by molar-refractivity contribution is 0.0523.